The number of hydrogen-bond acceptors (Lipinski definition) is 0. The summed E-state index contributed by atoms with van der Waals surface area (Å²) in [6.45, 7) is 4.50. The molecule has 25 heavy (non-hydrogen) atoms. The van der Waals surface area contributed by atoms with E-state index >= 15 is 0 Å². The van der Waals surface area contributed by atoms with E-state index in [9.17, 15) is 0 Å². The van der Waals surface area contributed by atoms with Gasteiger partial charge >= 0.3 is 0 Å². The number of rotatable bonds is 7. The van der Waals surface area contributed by atoms with Crippen molar-refractivity contribution in [2.45, 2.75) is 45.4 Å². The van der Waals surface area contributed by atoms with Crippen LogP contribution in [0.1, 0.15) is 54.0 Å². The minimum absolute atomic E-state index is 0.445. The first-order valence-corrected chi connectivity index (χ1v) is 9.44. The molecule has 0 N–H and O–H groups in total. The Labute approximate surface area is 152 Å². The molecule has 0 amide bonds. The van der Waals surface area contributed by atoms with Crippen molar-refractivity contribution in [3.8, 4) is 0 Å². The molecule has 3 rings (SSSR count). The largest absolute Gasteiger partial charge is 0.0622 e. The Morgan fingerprint density at radius 2 is 1.20 bits per heavy atom. The quantitative estimate of drug-likeness (QED) is 0.472. The van der Waals surface area contributed by atoms with Crippen molar-refractivity contribution in [1.82, 2.24) is 0 Å². The van der Waals surface area contributed by atoms with Gasteiger partial charge in [-0.1, -0.05) is 86.6 Å². The summed E-state index contributed by atoms with van der Waals surface area (Å²) in [5, 5.41) is 0. The molecule has 0 spiro atoms. The van der Waals surface area contributed by atoms with Crippen LogP contribution in [0, 0.1) is 6.07 Å². The van der Waals surface area contributed by atoms with Crippen molar-refractivity contribution in [3.05, 3.63) is 107 Å². The SMILES string of the molecule is CCc1c[c]cc(CC)c1CCC(c1ccccc1)c1ccccc1. The maximum Gasteiger partial charge on any atom is 0.00925 e. The molecule has 3 aromatic carbocycles. The number of aryl methyl sites for hydroxylation is 2. The van der Waals surface area contributed by atoms with Crippen molar-refractivity contribution >= 4 is 0 Å². The lowest BCUT2D eigenvalue weighted by Crippen LogP contribution is -2.06. The fourth-order valence-corrected chi connectivity index (χ4v) is 3.76. The average Bonchev–Trinajstić information content (AvgIpc) is 2.69. The summed E-state index contributed by atoms with van der Waals surface area (Å²) in [6, 6.07) is 29.5. The predicted molar refractivity (Wildman–Crippen MR) is 107 cm³/mol. The van der Waals surface area contributed by atoms with Gasteiger partial charge in [0.1, 0.15) is 0 Å². The highest BCUT2D eigenvalue weighted by molar-refractivity contribution is 5.37. The Balaban J connectivity index is 1.90. The molecular weight excluding hydrogens is 300 g/mol. The van der Waals surface area contributed by atoms with Crippen molar-refractivity contribution in [2.24, 2.45) is 0 Å². The van der Waals surface area contributed by atoms with Crippen LogP contribution in [0.3, 0.4) is 0 Å². The van der Waals surface area contributed by atoms with Gasteiger partial charge < -0.3 is 0 Å². The normalized spacial score (nSPS) is 11.0. The number of hydrogen-bond donors (Lipinski definition) is 0. The lowest BCUT2D eigenvalue weighted by molar-refractivity contribution is 0.706. The molecule has 0 heteroatoms. The monoisotopic (exact) mass is 327 g/mol. The maximum absolute atomic E-state index is 3.32. The van der Waals surface area contributed by atoms with E-state index in [0.29, 0.717) is 5.92 Å². The molecule has 0 heterocycles. The van der Waals surface area contributed by atoms with Crippen LogP contribution >= 0.6 is 0 Å². The topological polar surface area (TPSA) is 0 Å². The molecule has 0 unspecified atom stereocenters. The van der Waals surface area contributed by atoms with E-state index in [2.05, 4.69) is 92.7 Å². The maximum atomic E-state index is 3.32. The Bertz CT molecular complexity index is 710. The van der Waals surface area contributed by atoms with Crippen LogP contribution in [0.2, 0.25) is 0 Å². The van der Waals surface area contributed by atoms with Crippen LogP contribution in [0.5, 0.6) is 0 Å². The van der Waals surface area contributed by atoms with Crippen molar-refractivity contribution in [2.75, 3.05) is 0 Å². The molecule has 3 aromatic rings. The van der Waals surface area contributed by atoms with E-state index in [1.807, 2.05) is 0 Å². The van der Waals surface area contributed by atoms with Gasteiger partial charge in [0.05, 0.1) is 0 Å². The number of benzene rings is 3. The van der Waals surface area contributed by atoms with Gasteiger partial charge in [-0.25, -0.2) is 0 Å². The predicted octanol–water partition coefficient (Wildman–Crippen LogP) is 6.38. The highest BCUT2D eigenvalue weighted by Crippen LogP contribution is 2.30. The molecule has 0 saturated carbocycles. The van der Waals surface area contributed by atoms with Gasteiger partial charge in [-0.2, -0.15) is 0 Å². The first-order chi connectivity index (χ1) is 12.3. The van der Waals surface area contributed by atoms with E-state index in [1.54, 1.807) is 5.56 Å². The smallest absolute Gasteiger partial charge is 0.00925 e. The van der Waals surface area contributed by atoms with Gasteiger partial charge in [-0.3, -0.25) is 0 Å². The van der Waals surface area contributed by atoms with Crippen LogP contribution in [-0.2, 0) is 19.3 Å². The van der Waals surface area contributed by atoms with E-state index < -0.39 is 0 Å². The van der Waals surface area contributed by atoms with Crippen LogP contribution in [0.4, 0.5) is 0 Å². The van der Waals surface area contributed by atoms with Crippen LogP contribution < -0.4 is 0 Å². The third-order valence-corrected chi connectivity index (χ3v) is 5.14. The van der Waals surface area contributed by atoms with Crippen molar-refractivity contribution in [3.63, 3.8) is 0 Å². The van der Waals surface area contributed by atoms with Crippen LogP contribution in [0.15, 0.2) is 72.8 Å². The highest BCUT2D eigenvalue weighted by Gasteiger charge is 2.15. The summed E-state index contributed by atoms with van der Waals surface area (Å²) in [4.78, 5) is 0. The zero-order valence-corrected chi connectivity index (χ0v) is 15.3. The zero-order chi connectivity index (χ0) is 17.5. The lowest BCUT2D eigenvalue weighted by Gasteiger charge is -2.20. The molecule has 0 atom stereocenters. The Hall–Kier alpha value is -2.34. The fourth-order valence-electron chi connectivity index (χ4n) is 3.76. The Kier molecular flexibility index (Phi) is 6.06. The molecule has 1 radical (unpaired) electrons. The lowest BCUT2D eigenvalue weighted by atomic mass is 9.84. The molecular formula is C25H27. The second-order valence-corrected chi connectivity index (χ2v) is 6.60. The van der Waals surface area contributed by atoms with Crippen molar-refractivity contribution in [1.29, 1.82) is 0 Å². The van der Waals surface area contributed by atoms with Crippen LogP contribution in [-0.4, -0.2) is 0 Å². The third-order valence-electron chi connectivity index (χ3n) is 5.14. The van der Waals surface area contributed by atoms with Gasteiger partial charge in [0, 0.05) is 5.92 Å². The van der Waals surface area contributed by atoms with Gasteiger partial charge in [0.15, 0.2) is 0 Å². The van der Waals surface area contributed by atoms with Gasteiger partial charge in [0.2, 0.25) is 0 Å². The summed E-state index contributed by atoms with van der Waals surface area (Å²) in [7, 11) is 0. The molecule has 0 fully saturated rings. The second kappa shape index (κ2) is 8.67. The second-order valence-electron chi connectivity index (χ2n) is 6.60. The highest BCUT2D eigenvalue weighted by atomic mass is 14.2. The van der Waals surface area contributed by atoms with E-state index in [-0.39, 0.29) is 0 Å². The summed E-state index contributed by atoms with van der Waals surface area (Å²) in [5.41, 5.74) is 7.28. The Morgan fingerprint density at radius 3 is 1.64 bits per heavy atom. The Morgan fingerprint density at radius 1 is 0.720 bits per heavy atom. The molecule has 0 aliphatic carbocycles. The first kappa shape index (κ1) is 17.5. The van der Waals surface area contributed by atoms with Crippen LogP contribution in [0.25, 0.3) is 0 Å². The molecule has 0 aliphatic heterocycles. The molecule has 0 saturated heterocycles. The fraction of sp³-hybridized carbons (Fsp3) is 0.280. The van der Waals surface area contributed by atoms with E-state index in [0.717, 1.165) is 25.7 Å². The average molecular weight is 327 g/mol. The zero-order valence-electron chi connectivity index (χ0n) is 15.3. The van der Waals surface area contributed by atoms with E-state index in [1.165, 1.54) is 22.3 Å². The standard InChI is InChI=1S/C25H27/c1-3-20-16-11-17-21(4-2)24(20)18-19-25(22-12-7-5-8-13-22)23-14-9-6-10-15-23/h5-10,12-17,25H,3-4,18-19H2,1-2H3. The molecule has 127 valence electrons. The summed E-state index contributed by atoms with van der Waals surface area (Å²) < 4.78 is 0. The molecule has 0 aliphatic rings. The summed E-state index contributed by atoms with van der Waals surface area (Å²) >= 11 is 0. The minimum Gasteiger partial charge on any atom is -0.0622 e. The van der Waals surface area contributed by atoms with Gasteiger partial charge in [-0.05, 0) is 59.6 Å². The van der Waals surface area contributed by atoms with Gasteiger partial charge in [0.25, 0.3) is 0 Å². The minimum atomic E-state index is 0.445. The molecule has 0 aromatic heterocycles. The first-order valence-electron chi connectivity index (χ1n) is 9.44. The van der Waals surface area contributed by atoms with Crippen molar-refractivity contribution < 1.29 is 0 Å². The van der Waals surface area contributed by atoms with E-state index in [4.69, 9.17) is 0 Å². The summed E-state index contributed by atoms with van der Waals surface area (Å²) in [5.74, 6) is 0.445. The summed E-state index contributed by atoms with van der Waals surface area (Å²) in [6.07, 6.45) is 4.43. The van der Waals surface area contributed by atoms with Gasteiger partial charge in [-0.15, -0.1) is 0 Å². The molecule has 0 nitrogen and oxygen atoms in total. The molecule has 0 bridgehead atoms. The third kappa shape index (κ3) is 4.20.